The number of aliphatic hydroxyl groups is 1. The van der Waals surface area contributed by atoms with E-state index in [9.17, 15) is 9.90 Å². The van der Waals surface area contributed by atoms with Crippen LogP contribution < -0.4 is 10.8 Å². The number of hydrogen-bond donors (Lipinski definition) is 2. The fourth-order valence-electron chi connectivity index (χ4n) is 1.55. The van der Waals surface area contributed by atoms with Crippen molar-refractivity contribution in [1.82, 2.24) is 4.98 Å². The number of rotatable bonds is 4. The molecule has 5 nitrogen and oxygen atoms in total. The zero-order valence-corrected chi connectivity index (χ0v) is 11.7. The van der Waals surface area contributed by atoms with Gasteiger partial charge in [0.1, 0.15) is 5.82 Å². The van der Waals surface area contributed by atoms with E-state index in [4.69, 9.17) is 4.65 Å². The first kappa shape index (κ1) is 14.0. The molecule has 2 N–H and O–H groups in total. The van der Waals surface area contributed by atoms with E-state index in [0.29, 0.717) is 12.2 Å². The summed E-state index contributed by atoms with van der Waals surface area (Å²) in [5.74, 6) is 0.571. The molecular weight excluding hydrogens is 243 g/mol. The van der Waals surface area contributed by atoms with Gasteiger partial charge in [0, 0.05) is 11.8 Å². The molecule has 6 heteroatoms. The second-order valence-electron chi connectivity index (χ2n) is 5.81. The molecule has 1 aromatic rings. The smallest absolute Gasteiger partial charge is 0.332 e. The Morgan fingerprint density at radius 2 is 2.11 bits per heavy atom. The average Bonchev–Trinajstić information content (AvgIpc) is 2.64. The van der Waals surface area contributed by atoms with E-state index in [0.717, 1.165) is 11.0 Å². The minimum atomic E-state index is -0.967. The zero-order valence-electron chi connectivity index (χ0n) is 11.7. The minimum Gasteiger partial charge on any atom is -0.427 e. The van der Waals surface area contributed by atoms with Gasteiger partial charge in [0.25, 0.3) is 0 Å². The summed E-state index contributed by atoms with van der Waals surface area (Å²) in [5.41, 5.74) is -0.0540. The number of nitrogens with one attached hydrogen (secondary N) is 1. The van der Waals surface area contributed by atoms with Crippen LogP contribution in [0.15, 0.2) is 12.3 Å². The van der Waals surface area contributed by atoms with Crippen molar-refractivity contribution >= 4 is 24.7 Å². The zero-order chi connectivity index (χ0) is 14.3. The number of hydrogen-bond acceptors (Lipinski definition) is 4. The highest BCUT2D eigenvalue weighted by molar-refractivity contribution is 6.47. The summed E-state index contributed by atoms with van der Waals surface area (Å²) >= 11 is 0. The van der Waals surface area contributed by atoms with Crippen molar-refractivity contribution in [2.24, 2.45) is 0 Å². The summed E-state index contributed by atoms with van der Waals surface area (Å²) in [5, 5.41) is 12.7. The van der Waals surface area contributed by atoms with Gasteiger partial charge < -0.3 is 15.1 Å². The van der Waals surface area contributed by atoms with Gasteiger partial charge in [-0.25, -0.2) is 4.98 Å². The third-order valence-electron chi connectivity index (χ3n) is 3.56. The number of anilines is 1. The number of nitrogens with zero attached hydrogens (tertiary/aromatic N) is 1. The number of aromatic nitrogens is 1. The van der Waals surface area contributed by atoms with E-state index in [-0.39, 0.29) is 5.91 Å². The van der Waals surface area contributed by atoms with Crippen molar-refractivity contribution in [2.45, 2.75) is 45.3 Å². The molecule has 2 rings (SSSR count). The second-order valence-corrected chi connectivity index (χ2v) is 5.81. The molecule has 2 heterocycles. The Labute approximate surface area is 113 Å². The molecule has 0 aromatic carbocycles. The molecule has 0 aliphatic carbocycles. The van der Waals surface area contributed by atoms with Crippen molar-refractivity contribution in [2.75, 3.05) is 5.32 Å². The lowest BCUT2D eigenvalue weighted by atomic mass is 9.83. The van der Waals surface area contributed by atoms with Crippen LogP contribution in [0.5, 0.6) is 0 Å². The number of pyridine rings is 1. The molecule has 1 amide bonds. The Bertz CT molecular complexity index is 509. The van der Waals surface area contributed by atoms with E-state index in [1.54, 1.807) is 27.5 Å². The van der Waals surface area contributed by atoms with E-state index in [1.165, 1.54) is 0 Å². The summed E-state index contributed by atoms with van der Waals surface area (Å²) in [6.07, 6.45) is 1.98. The molecule has 0 fully saturated rings. The van der Waals surface area contributed by atoms with Gasteiger partial charge >= 0.3 is 7.48 Å². The van der Waals surface area contributed by atoms with E-state index < -0.39 is 11.2 Å². The van der Waals surface area contributed by atoms with Crippen LogP contribution in [0.2, 0.25) is 0 Å². The maximum atomic E-state index is 11.2. The third-order valence-corrected chi connectivity index (χ3v) is 3.56. The quantitative estimate of drug-likeness (QED) is 0.769. The minimum absolute atomic E-state index is 0.0441. The Morgan fingerprint density at radius 3 is 2.74 bits per heavy atom. The molecule has 0 saturated heterocycles. The summed E-state index contributed by atoms with van der Waals surface area (Å²) in [4.78, 5) is 15.4. The average molecular weight is 261 g/mol. The predicted molar refractivity (Wildman–Crippen MR) is 73.4 cm³/mol. The lowest BCUT2D eigenvalue weighted by Crippen LogP contribution is -2.49. The van der Waals surface area contributed by atoms with Crippen LogP contribution in [0.3, 0.4) is 0 Å². The Balaban J connectivity index is 2.06. The standard InChI is InChI=1S/C13H18BN2O3/c1-12(2,18)13(3,4)19-14-9-5-8-6-10(17)16-11(8)15-7-9/h5,7,18H,6H2,1-4H3,(H,15,16,17). The van der Waals surface area contributed by atoms with Gasteiger partial charge in [0.05, 0.1) is 17.6 Å². The summed E-state index contributed by atoms with van der Waals surface area (Å²) in [6.45, 7) is 7.03. The van der Waals surface area contributed by atoms with Gasteiger partial charge in [-0.3, -0.25) is 4.79 Å². The van der Waals surface area contributed by atoms with E-state index in [2.05, 4.69) is 10.3 Å². The van der Waals surface area contributed by atoms with Gasteiger partial charge in [-0.05, 0) is 33.2 Å². The van der Waals surface area contributed by atoms with Crippen LogP contribution in [0.4, 0.5) is 5.82 Å². The Kier molecular flexibility index (Phi) is 3.41. The monoisotopic (exact) mass is 261 g/mol. The molecule has 101 valence electrons. The first-order valence-corrected chi connectivity index (χ1v) is 6.21. The van der Waals surface area contributed by atoms with Crippen LogP contribution in [0.1, 0.15) is 33.3 Å². The van der Waals surface area contributed by atoms with Gasteiger partial charge in [0.15, 0.2) is 0 Å². The van der Waals surface area contributed by atoms with Crippen LogP contribution in [0, 0.1) is 0 Å². The number of amides is 1. The van der Waals surface area contributed by atoms with Crippen LogP contribution in [-0.2, 0) is 15.9 Å². The van der Waals surface area contributed by atoms with Crippen molar-refractivity contribution in [3.05, 3.63) is 17.8 Å². The van der Waals surface area contributed by atoms with Gasteiger partial charge in [0.2, 0.25) is 5.91 Å². The number of fused-ring (bicyclic) bond motifs is 1. The largest absolute Gasteiger partial charge is 0.427 e. The third kappa shape index (κ3) is 2.96. The van der Waals surface area contributed by atoms with Gasteiger partial charge in [-0.15, -0.1) is 0 Å². The van der Waals surface area contributed by atoms with Crippen LogP contribution in [0.25, 0.3) is 0 Å². The van der Waals surface area contributed by atoms with Crippen molar-refractivity contribution in [3.8, 4) is 0 Å². The highest BCUT2D eigenvalue weighted by atomic mass is 16.5. The van der Waals surface area contributed by atoms with Gasteiger partial charge in [-0.2, -0.15) is 0 Å². The first-order valence-electron chi connectivity index (χ1n) is 6.21. The highest BCUT2D eigenvalue weighted by Gasteiger charge is 2.35. The van der Waals surface area contributed by atoms with Crippen molar-refractivity contribution < 1.29 is 14.6 Å². The Morgan fingerprint density at radius 1 is 1.42 bits per heavy atom. The normalized spacial score (nSPS) is 15.1. The second kappa shape index (κ2) is 4.61. The fourth-order valence-corrected chi connectivity index (χ4v) is 1.55. The maximum Gasteiger partial charge on any atom is 0.332 e. The molecule has 19 heavy (non-hydrogen) atoms. The first-order chi connectivity index (χ1) is 8.69. The van der Waals surface area contributed by atoms with E-state index >= 15 is 0 Å². The van der Waals surface area contributed by atoms with Crippen molar-refractivity contribution in [3.63, 3.8) is 0 Å². The summed E-state index contributed by atoms with van der Waals surface area (Å²) in [7, 11) is 1.56. The molecule has 0 bridgehead atoms. The highest BCUT2D eigenvalue weighted by Crippen LogP contribution is 2.24. The van der Waals surface area contributed by atoms with Crippen molar-refractivity contribution in [1.29, 1.82) is 0 Å². The molecule has 1 aromatic heterocycles. The molecule has 0 unspecified atom stereocenters. The molecule has 0 saturated carbocycles. The predicted octanol–water partition coefficient (Wildman–Crippen LogP) is 0.387. The number of carbonyl (C=O) groups excluding carboxylic acids is 1. The molecule has 0 spiro atoms. The van der Waals surface area contributed by atoms with Gasteiger partial charge in [-0.1, -0.05) is 6.07 Å². The fraction of sp³-hybridized carbons (Fsp3) is 0.538. The summed E-state index contributed by atoms with van der Waals surface area (Å²) in [6, 6.07) is 1.86. The lowest BCUT2D eigenvalue weighted by Gasteiger charge is -2.37. The lowest BCUT2D eigenvalue weighted by molar-refractivity contribution is -0.115. The topological polar surface area (TPSA) is 71.5 Å². The molecule has 0 atom stereocenters. The number of carbonyl (C=O) groups is 1. The van der Waals surface area contributed by atoms with E-state index in [1.807, 2.05) is 19.9 Å². The maximum absolute atomic E-state index is 11.2. The SMILES string of the molecule is CC(C)(O)C(C)(C)O[B]c1cnc2c(c1)CC(=O)N2. The van der Waals surface area contributed by atoms with Crippen LogP contribution in [-0.4, -0.2) is 34.7 Å². The molecule has 1 radical (unpaired) electrons. The van der Waals surface area contributed by atoms with Crippen LogP contribution >= 0.6 is 0 Å². The molecule has 1 aliphatic rings. The summed E-state index contributed by atoms with van der Waals surface area (Å²) < 4.78 is 5.65. The molecular formula is C13H18BN2O3. The Hall–Kier alpha value is -1.40. The molecule has 1 aliphatic heterocycles.